The molecule has 0 aliphatic rings. The van der Waals surface area contributed by atoms with Gasteiger partial charge >= 0.3 is 5.97 Å². The Balaban J connectivity index is 2.43. The highest BCUT2D eigenvalue weighted by Crippen LogP contribution is 2.20. The second-order valence-corrected chi connectivity index (χ2v) is 2.77. The van der Waals surface area contributed by atoms with Gasteiger partial charge in [-0.2, -0.15) is 5.10 Å². The molecule has 0 saturated heterocycles. The van der Waals surface area contributed by atoms with E-state index in [1.165, 1.54) is 12.3 Å². The van der Waals surface area contributed by atoms with Crippen LogP contribution in [0.25, 0.3) is 11.3 Å². The standard InChI is InChI=1S/C8H7N3O3/c1-4-5(3-9-14-4)6-2-7(8(12)13)11-10-6/h2-3H,1H3,(H,10,11)(H,12,13). The van der Waals surface area contributed by atoms with Crippen molar-refractivity contribution >= 4 is 5.97 Å². The van der Waals surface area contributed by atoms with Crippen LogP contribution in [0.3, 0.4) is 0 Å². The molecule has 6 nitrogen and oxygen atoms in total. The van der Waals surface area contributed by atoms with Gasteiger partial charge in [0.05, 0.1) is 17.5 Å². The Bertz CT molecular complexity index is 472. The third kappa shape index (κ3) is 1.26. The van der Waals surface area contributed by atoms with Gasteiger partial charge in [-0.3, -0.25) is 5.10 Å². The average Bonchev–Trinajstić information content (AvgIpc) is 2.71. The zero-order valence-electron chi connectivity index (χ0n) is 7.31. The van der Waals surface area contributed by atoms with Gasteiger partial charge in [0.1, 0.15) is 11.5 Å². The molecule has 0 aromatic carbocycles. The Morgan fingerprint density at radius 2 is 2.43 bits per heavy atom. The van der Waals surface area contributed by atoms with Crippen molar-refractivity contribution in [2.45, 2.75) is 6.92 Å². The van der Waals surface area contributed by atoms with Crippen LogP contribution in [0.4, 0.5) is 0 Å². The number of carboxylic acids is 1. The SMILES string of the molecule is Cc1oncc1-c1cc(C(=O)O)[nH]n1. The van der Waals surface area contributed by atoms with Crippen molar-refractivity contribution in [3.63, 3.8) is 0 Å². The molecule has 0 atom stereocenters. The van der Waals surface area contributed by atoms with E-state index >= 15 is 0 Å². The van der Waals surface area contributed by atoms with E-state index in [1.807, 2.05) is 0 Å². The van der Waals surface area contributed by atoms with Gasteiger partial charge in [-0.25, -0.2) is 4.79 Å². The van der Waals surface area contributed by atoms with Crippen LogP contribution >= 0.6 is 0 Å². The molecule has 2 N–H and O–H groups in total. The molecule has 0 spiro atoms. The highest BCUT2D eigenvalue weighted by atomic mass is 16.5. The maximum Gasteiger partial charge on any atom is 0.353 e. The van der Waals surface area contributed by atoms with Crippen LogP contribution in [0.15, 0.2) is 16.8 Å². The number of aromatic carboxylic acids is 1. The molecule has 72 valence electrons. The Morgan fingerprint density at radius 3 is 2.93 bits per heavy atom. The predicted molar refractivity (Wildman–Crippen MR) is 45.8 cm³/mol. The molecule has 2 aromatic heterocycles. The number of nitrogens with one attached hydrogen (secondary N) is 1. The van der Waals surface area contributed by atoms with Crippen LogP contribution in [-0.2, 0) is 0 Å². The fourth-order valence-electron chi connectivity index (χ4n) is 1.11. The van der Waals surface area contributed by atoms with Crippen LogP contribution in [0.2, 0.25) is 0 Å². The molecule has 0 fully saturated rings. The lowest BCUT2D eigenvalue weighted by Crippen LogP contribution is -1.95. The number of aryl methyl sites for hydroxylation is 1. The van der Waals surface area contributed by atoms with Crippen LogP contribution in [0.1, 0.15) is 16.2 Å². The van der Waals surface area contributed by atoms with E-state index in [1.54, 1.807) is 6.92 Å². The number of carboxylic acid groups (broad SMARTS) is 1. The summed E-state index contributed by atoms with van der Waals surface area (Å²) in [5.74, 6) is -0.439. The van der Waals surface area contributed by atoms with E-state index in [2.05, 4.69) is 15.4 Å². The Morgan fingerprint density at radius 1 is 1.64 bits per heavy atom. The molecule has 2 aromatic rings. The molecule has 0 amide bonds. The van der Waals surface area contributed by atoms with Gasteiger partial charge in [0.2, 0.25) is 0 Å². The minimum atomic E-state index is -1.04. The van der Waals surface area contributed by atoms with Gasteiger partial charge in [-0.05, 0) is 13.0 Å². The fraction of sp³-hybridized carbons (Fsp3) is 0.125. The van der Waals surface area contributed by atoms with Gasteiger partial charge in [0.25, 0.3) is 0 Å². The van der Waals surface area contributed by atoms with Crippen molar-refractivity contribution < 1.29 is 14.4 Å². The molecular weight excluding hydrogens is 186 g/mol. The normalized spacial score (nSPS) is 10.4. The number of aromatic nitrogens is 3. The molecule has 6 heteroatoms. The number of carbonyl (C=O) groups is 1. The molecule has 0 unspecified atom stereocenters. The average molecular weight is 193 g/mol. The van der Waals surface area contributed by atoms with E-state index in [0.717, 1.165) is 0 Å². The largest absolute Gasteiger partial charge is 0.477 e. The van der Waals surface area contributed by atoms with Crippen molar-refractivity contribution in [2.24, 2.45) is 0 Å². The first-order valence-corrected chi connectivity index (χ1v) is 3.89. The summed E-state index contributed by atoms with van der Waals surface area (Å²) in [7, 11) is 0. The molecular formula is C8H7N3O3. The number of hydrogen-bond donors (Lipinski definition) is 2. The van der Waals surface area contributed by atoms with Crippen LogP contribution in [0, 0.1) is 6.92 Å². The van der Waals surface area contributed by atoms with Crippen molar-refractivity contribution in [3.8, 4) is 11.3 Å². The van der Waals surface area contributed by atoms with Crippen molar-refractivity contribution in [3.05, 3.63) is 23.7 Å². The van der Waals surface area contributed by atoms with E-state index < -0.39 is 5.97 Å². The van der Waals surface area contributed by atoms with E-state index in [0.29, 0.717) is 17.0 Å². The van der Waals surface area contributed by atoms with Crippen molar-refractivity contribution in [1.29, 1.82) is 0 Å². The van der Waals surface area contributed by atoms with Gasteiger partial charge in [-0.1, -0.05) is 5.16 Å². The predicted octanol–water partition coefficient (Wildman–Crippen LogP) is 1.07. The number of nitrogens with zero attached hydrogens (tertiary/aromatic N) is 2. The minimum Gasteiger partial charge on any atom is -0.477 e. The topological polar surface area (TPSA) is 92.0 Å². The van der Waals surface area contributed by atoms with Gasteiger partial charge in [0.15, 0.2) is 0 Å². The second kappa shape index (κ2) is 2.99. The summed E-state index contributed by atoms with van der Waals surface area (Å²) in [6, 6.07) is 1.43. The summed E-state index contributed by atoms with van der Waals surface area (Å²) >= 11 is 0. The summed E-state index contributed by atoms with van der Waals surface area (Å²) in [5, 5.41) is 18.5. The van der Waals surface area contributed by atoms with Gasteiger partial charge in [0, 0.05) is 0 Å². The third-order valence-electron chi connectivity index (χ3n) is 1.83. The van der Waals surface area contributed by atoms with Crippen molar-refractivity contribution in [2.75, 3.05) is 0 Å². The summed E-state index contributed by atoms with van der Waals surface area (Å²) in [6.07, 6.45) is 1.50. The lowest BCUT2D eigenvalue weighted by Gasteiger charge is -1.87. The maximum absolute atomic E-state index is 10.6. The maximum atomic E-state index is 10.6. The smallest absolute Gasteiger partial charge is 0.353 e. The number of hydrogen-bond acceptors (Lipinski definition) is 4. The molecule has 0 aliphatic heterocycles. The molecule has 0 aliphatic carbocycles. The Labute approximate surface area is 78.5 Å². The summed E-state index contributed by atoms with van der Waals surface area (Å²) in [4.78, 5) is 10.6. The van der Waals surface area contributed by atoms with E-state index in [4.69, 9.17) is 9.63 Å². The fourth-order valence-corrected chi connectivity index (χ4v) is 1.11. The third-order valence-corrected chi connectivity index (χ3v) is 1.83. The van der Waals surface area contributed by atoms with Gasteiger partial charge in [-0.15, -0.1) is 0 Å². The Hall–Kier alpha value is -2.11. The first-order valence-electron chi connectivity index (χ1n) is 3.89. The van der Waals surface area contributed by atoms with Crippen LogP contribution in [-0.4, -0.2) is 26.4 Å². The summed E-state index contributed by atoms with van der Waals surface area (Å²) in [5.41, 5.74) is 1.25. The van der Waals surface area contributed by atoms with E-state index in [9.17, 15) is 4.79 Å². The summed E-state index contributed by atoms with van der Waals surface area (Å²) in [6.45, 7) is 1.73. The lowest BCUT2D eigenvalue weighted by atomic mass is 10.2. The summed E-state index contributed by atoms with van der Waals surface area (Å²) < 4.78 is 4.84. The lowest BCUT2D eigenvalue weighted by molar-refractivity contribution is 0.0690. The number of aromatic amines is 1. The molecule has 0 radical (unpaired) electrons. The molecule has 0 saturated carbocycles. The van der Waals surface area contributed by atoms with Gasteiger partial charge < -0.3 is 9.63 Å². The zero-order chi connectivity index (χ0) is 10.1. The van der Waals surface area contributed by atoms with Crippen LogP contribution in [0.5, 0.6) is 0 Å². The first kappa shape index (κ1) is 8.49. The quantitative estimate of drug-likeness (QED) is 0.744. The molecule has 14 heavy (non-hydrogen) atoms. The van der Waals surface area contributed by atoms with Crippen molar-refractivity contribution in [1.82, 2.24) is 15.4 Å². The molecule has 2 rings (SSSR count). The minimum absolute atomic E-state index is 0.0422. The highest BCUT2D eigenvalue weighted by Gasteiger charge is 2.12. The highest BCUT2D eigenvalue weighted by molar-refractivity contribution is 5.86. The second-order valence-electron chi connectivity index (χ2n) is 2.77. The number of H-pyrrole nitrogens is 1. The monoisotopic (exact) mass is 193 g/mol. The molecule has 0 bridgehead atoms. The van der Waals surface area contributed by atoms with E-state index in [-0.39, 0.29) is 5.69 Å². The van der Waals surface area contributed by atoms with Crippen LogP contribution < -0.4 is 0 Å². The molecule has 2 heterocycles. The number of rotatable bonds is 2. The first-order chi connectivity index (χ1) is 6.68. The zero-order valence-corrected chi connectivity index (χ0v) is 7.31. The Kier molecular flexibility index (Phi) is 1.81.